The number of carbonyl (C=O) groups is 1. The van der Waals surface area contributed by atoms with Gasteiger partial charge in [-0.2, -0.15) is 0 Å². The van der Waals surface area contributed by atoms with Gasteiger partial charge in [-0.3, -0.25) is 14.9 Å². The van der Waals surface area contributed by atoms with Gasteiger partial charge < -0.3 is 14.4 Å². The molecule has 1 fully saturated rings. The third kappa shape index (κ3) is 4.55. The third-order valence-corrected chi connectivity index (χ3v) is 6.09. The van der Waals surface area contributed by atoms with Crippen LogP contribution in [0.15, 0.2) is 42.6 Å². The van der Waals surface area contributed by atoms with Crippen LogP contribution in [0.4, 0.5) is 5.69 Å². The van der Waals surface area contributed by atoms with Crippen molar-refractivity contribution < 1.29 is 19.6 Å². The molecule has 0 atom stereocenters. The summed E-state index contributed by atoms with van der Waals surface area (Å²) < 4.78 is 8.12. The Hall–Kier alpha value is -3.35. The van der Waals surface area contributed by atoms with Gasteiger partial charge >= 0.3 is 11.7 Å². The lowest BCUT2D eigenvalue weighted by Crippen LogP contribution is -2.10. The molecule has 2 aromatic carbocycles. The van der Waals surface area contributed by atoms with E-state index in [2.05, 4.69) is 0 Å². The largest absolute Gasteiger partial charge is 0.486 e. The van der Waals surface area contributed by atoms with E-state index in [4.69, 9.17) is 9.84 Å². The molecule has 0 aliphatic heterocycles. The monoisotopic (exact) mass is 422 g/mol. The topological polar surface area (TPSA) is 94.6 Å². The number of carboxylic acid groups (broad SMARTS) is 1. The van der Waals surface area contributed by atoms with Gasteiger partial charge in [0.15, 0.2) is 0 Å². The van der Waals surface area contributed by atoms with Crippen LogP contribution in [-0.4, -0.2) is 27.2 Å². The number of hydrogen-bond donors (Lipinski definition) is 1. The number of hydrogen-bond acceptors (Lipinski definition) is 4. The molecular formula is C24H26N2O5. The summed E-state index contributed by atoms with van der Waals surface area (Å²) in [5.74, 6) is -0.251. The Morgan fingerprint density at radius 2 is 2.00 bits per heavy atom. The van der Waals surface area contributed by atoms with Crippen LogP contribution in [0, 0.1) is 16.0 Å². The first kappa shape index (κ1) is 20.9. The van der Waals surface area contributed by atoms with Crippen molar-refractivity contribution in [3.8, 4) is 16.9 Å². The van der Waals surface area contributed by atoms with Crippen LogP contribution in [0.2, 0.25) is 0 Å². The molecule has 31 heavy (non-hydrogen) atoms. The Bertz CT molecular complexity index is 1130. The van der Waals surface area contributed by atoms with Gasteiger partial charge in [-0.1, -0.05) is 18.9 Å². The number of rotatable bonds is 8. The number of carboxylic acids is 1. The van der Waals surface area contributed by atoms with E-state index in [-0.39, 0.29) is 24.3 Å². The van der Waals surface area contributed by atoms with Crippen LogP contribution in [-0.2, 0) is 18.3 Å². The molecule has 0 saturated heterocycles. The molecule has 7 nitrogen and oxygen atoms in total. The molecule has 3 aromatic rings. The first-order chi connectivity index (χ1) is 14.9. The molecule has 1 heterocycles. The predicted molar refractivity (Wildman–Crippen MR) is 118 cm³/mol. The zero-order valence-corrected chi connectivity index (χ0v) is 17.5. The van der Waals surface area contributed by atoms with Crippen LogP contribution in [0.25, 0.3) is 22.0 Å². The maximum atomic E-state index is 11.9. The summed E-state index contributed by atoms with van der Waals surface area (Å²) in [5.41, 5.74) is 3.03. The van der Waals surface area contributed by atoms with Crippen molar-refractivity contribution in [2.24, 2.45) is 13.0 Å². The van der Waals surface area contributed by atoms with E-state index in [0.717, 1.165) is 29.3 Å². The lowest BCUT2D eigenvalue weighted by Gasteiger charge is -2.17. The number of nitro groups is 1. The van der Waals surface area contributed by atoms with Crippen LogP contribution in [0.5, 0.6) is 5.75 Å². The highest BCUT2D eigenvalue weighted by molar-refractivity contribution is 5.88. The van der Waals surface area contributed by atoms with E-state index in [9.17, 15) is 14.9 Å². The highest BCUT2D eigenvalue weighted by atomic mass is 16.6. The van der Waals surface area contributed by atoms with Gasteiger partial charge in [-0.05, 0) is 60.6 Å². The van der Waals surface area contributed by atoms with E-state index in [1.807, 2.05) is 48.1 Å². The van der Waals surface area contributed by atoms with Crippen molar-refractivity contribution in [1.29, 1.82) is 0 Å². The second-order valence-electron chi connectivity index (χ2n) is 8.30. The Morgan fingerprint density at radius 3 is 2.71 bits per heavy atom. The first-order valence-corrected chi connectivity index (χ1v) is 10.6. The van der Waals surface area contributed by atoms with E-state index in [1.54, 1.807) is 0 Å². The Kier molecular flexibility index (Phi) is 5.93. The number of aliphatic carboxylic acids is 1. The van der Waals surface area contributed by atoms with Gasteiger partial charge in [0.05, 0.1) is 11.5 Å². The van der Waals surface area contributed by atoms with Gasteiger partial charge in [0, 0.05) is 42.2 Å². The van der Waals surface area contributed by atoms with Gasteiger partial charge in [0.2, 0.25) is 5.75 Å². The standard InChI is InChI=1S/C24H26N2O5/c1-25-11-10-19-14-18(7-8-21(19)25)20-12-17(6-9-23(27)28)13-22(26(29)30)24(20)31-15-16-4-2-3-5-16/h7-8,10-14,16H,2-6,9,15H2,1H3,(H,27,28). The summed E-state index contributed by atoms with van der Waals surface area (Å²) >= 11 is 0. The number of aryl methyl sites for hydroxylation is 2. The molecule has 0 unspecified atom stereocenters. The lowest BCUT2D eigenvalue weighted by molar-refractivity contribution is -0.385. The van der Waals surface area contributed by atoms with E-state index >= 15 is 0 Å². The Labute approximate surface area is 180 Å². The average Bonchev–Trinajstić information content (AvgIpc) is 3.40. The molecule has 1 aromatic heterocycles. The van der Waals surface area contributed by atoms with Gasteiger partial charge in [0.25, 0.3) is 0 Å². The van der Waals surface area contributed by atoms with Gasteiger partial charge in [-0.15, -0.1) is 0 Å². The Balaban J connectivity index is 1.80. The minimum Gasteiger partial charge on any atom is -0.486 e. The number of fused-ring (bicyclic) bond motifs is 1. The summed E-state index contributed by atoms with van der Waals surface area (Å²) in [7, 11) is 1.97. The maximum absolute atomic E-state index is 11.9. The number of aromatic nitrogens is 1. The zero-order chi connectivity index (χ0) is 22.0. The fraction of sp³-hybridized carbons (Fsp3) is 0.375. The molecule has 0 amide bonds. The molecule has 0 radical (unpaired) electrons. The maximum Gasteiger partial charge on any atom is 0.311 e. The molecule has 162 valence electrons. The minimum atomic E-state index is -0.934. The second kappa shape index (κ2) is 8.79. The normalized spacial score (nSPS) is 14.2. The van der Waals surface area contributed by atoms with E-state index in [1.165, 1.54) is 18.9 Å². The fourth-order valence-corrected chi connectivity index (χ4v) is 4.40. The van der Waals surface area contributed by atoms with Gasteiger partial charge in [0.1, 0.15) is 0 Å². The van der Waals surface area contributed by atoms with Crippen LogP contribution in [0.1, 0.15) is 37.7 Å². The molecule has 0 spiro atoms. The van der Waals surface area contributed by atoms with Crippen molar-refractivity contribution in [1.82, 2.24) is 4.57 Å². The number of nitrogens with zero attached hydrogens (tertiary/aromatic N) is 2. The highest BCUT2D eigenvalue weighted by Gasteiger charge is 2.25. The van der Waals surface area contributed by atoms with Crippen molar-refractivity contribution >= 4 is 22.6 Å². The zero-order valence-electron chi connectivity index (χ0n) is 17.5. The Morgan fingerprint density at radius 1 is 1.23 bits per heavy atom. The van der Waals surface area contributed by atoms with E-state index in [0.29, 0.717) is 23.7 Å². The van der Waals surface area contributed by atoms with Crippen LogP contribution >= 0.6 is 0 Å². The lowest BCUT2D eigenvalue weighted by atomic mass is 9.97. The minimum absolute atomic E-state index is 0.0867. The summed E-state index contributed by atoms with van der Waals surface area (Å²) in [6.07, 6.45) is 6.60. The van der Waals surface area contributed by atoms with Crippen molar-refractivity contribution in [2.75, 3.05) is 6.61 Å². The number of benzene rings is 2. The van der Waals surface area contributed by atoms with Crippen molar-refractivity contribution in [3.05, 3.63) is 58.3 Å². The molecule has 0 bridgehead atoms. The van der Waals surface area contributed by atoms with E-state index < -0.39 is 10.9 Å². The first-order valence-electron chi connectivity index (χ1n) is 10.6. The third-order valence-electron chi connectivity index (χ3n) is 6.09. The molecule has 1 aliphatic carbocycles. The number of ether oxygens (including phenoxy) is 1. The highest BCUT2D eigenvalue weighted by Crippen LogP contribution is 2.41. The van der Waals surface area contributed by atoms with Crippen molar-refractivity contribution in [3.63, 3.8) is 0 Å². The molecular weight excluding hydrogens is 396 g/mol. The van der Waals surface area contributed by atoms with Crippen LogP contribution < -0.4 is 4.74 Å². The van der Waals surface area contributed by atoms with Gasteiger partial charge in [-0.25, -0.2) is 0 Å². The average molecular weight is 422 g/mol. The molecule has 1 saturated carbocycles. The van der Waals surface area contributed by atoms with Crippen LogP contribution in [0.3, 0.4) is 0 Å². The predicted octanol–water partition coefficient (Wildman–Crippen LogP) is 5.34. The second-order valence-corrected chi connectivity index (χ2v) is 8.30. The summed E-state index contributed by atoms with van der Waals surface area (Å²) in [6, 6.07) is 11.2. The summed E-state index contributed by atoms with van der Waals surface area (Å²) in [4.78, 5) is 22.5. The quantitative estimate of drug-likeness (QED) is 0.391. The van der Waals surface area contributed by atoms with Crippen molar-refractivity contribution in [2.45, 2.75) is 38.5 Å². The molecule has 1 aliphatic rings. The smallest absolute Gasteiger partial charge is 0.311 e. The molecule has 7 heteroatoms. The molecule has 4 rings (SSSR count). The fourth-order valence-electron chi connectivity index (χ4n) is 4.40. The summed E-state index contributed by atoms with van der Waals surface area (Å²) in [6.45, 7) is 0.454. The summed E-state index contributed by atoms with van der Waals surface area (Å²) in [5, 5.41) is 22.0. The molecule has 1 N–H and O–H groups in total. The SMILES string of the molecule is Cn1ccc2cc(-c3cc(CCC(=O)O)cc([N+](=O)[O-])c3OCC3CCCC3)ccc21. The number of nitro benzene ring substituents is 1.